The second-order valence-electron chi connectivity index (χ2n) is 5.16. The van der Waals surface area contributed by atoms with Gasteiger partial charge in [-0.1, -0.05) is 12.8 Å². The van der Waals surface area contributed by atoms with Crippen LogP contribution >= 0.6 is 0 Å². The van der Waals surface area contributed by atoms with E-state index in [4.69, 9.17) is 4.74 Å². The molecule has 2 saturated heterocycles. The van der Waals surface area contributed by atoms with E-state index in [9.17, 15) is 4.79 Å². The van der Waals surface area contributed by atoms with Gasteiger partial charge >= 0.3 is 6.03 Å². The average Bonchev–Trinajstić information content (AvgIpc) is 2.70. The highest BCUT2D eigenvalue weighted by Gasteiger charge is 2.24. The Morgan fingerprint density at radius 3 is 2.35 bits per heavy atom. The molecule has 2 rings (SSSR count). The van der Waals surface area contributed by atoms with E-state index in [2.05, 4.69) is 0 Å². The molecule has 2 amide bonds. The van der Waals surface area contributed by atoms with Crippen molar-refractivity contribution >= 4 is 6.03 Å². The molecule has 0 bridgehead atoms. The Labute approximate surface area is 104 Å². The lowest BCUT2D eigenvalue weighted by Crippen LogP contribution is -2.45. The van der Waals surface area contributed by atoms with E-state index in [1.54, 1.807) is 0 Å². The highest BCUT2D eigenvalue weighted by atomic mass is 16.5. The minimum Gasteiger partial charge on any atom is -0.377 e. The van der Waals surface area contributed by atoms with Crippen molar-refractivity contribution in [1.82, 2.24) is 9.80 Å². The van der Waals surface area contributed by atoms with Crippen LogP contribution in [-0.2, 0) is 4.74 Å². The van der Waals surface area contributed by atoms with E-state index in [-0.39, 0.29) is 12.1 Å². The van der Waals surface area contributed by atoms with Crippen LogP contribution in [0.3, 0.4) is 0 Å². The third-order valence-electron chi connectivity index (χ3n) is 3.60. The first-order valence-electron chi connectivity index (χ1n) is 6.93. The first-order chi connectivity index (χ1) is 8.27. The van der Waals surface area contributed by atoms with Crippen molar-refractivity contribution in [2.75, 3.05) is 32.8 Å². The zero-order chi connectivity index (χ0) is 12.1. The molecule has 0 aromatic heterocycles. The molecule has 0 N–H and O–H groups in total. The molecule has 0 spiro atoms. The Kier molecular flexibility index (Phi) is 4.66. The minimum absolute atomic E-state index is 0.174. The lowest BCUT2D eigenvalue weighted by molar-refractivity contribution is 0.0680. The standard InChI is InChI=1S/C13H24N2O2/c1-12-11-15(9-6-10-17-12)13(16)14-7-4-2-3-5-8-14/h12H,2-11H2,1H3. The van der Waals surface area contributed by atoms with E-state index >= 15 is 0 Å². The fourth-order valence-electron chi connectivity index (χ4n) is 2.63. The van der Waals surface area contributed by atoms with Crippen molar-refractivity contribution in [2.45, 2.75) is 45.1 Å². The second-order valence-corrected chi connectivity index (χ2v) is 5.16. The largest absolute Gasteiger partial charge is 0.377 e. The lowest BCUT2D eigenvalue weighted by atomic mass is 10.2. The van der Waals surface area contributed by atoms with Gasteiger partial charge in [-0.15, -0.1) is 0 Å². The quantitative estimate of drug-likeness (QED) is 0.649. The Hall–Kier alpha value is -0.770. The lowest BCUT2D eigenvalue weighted by Gasteiger charge is -2.29. The highest BCUT2D eigenvalue weighted by Crippen LogP contribution is 2.14. The van der Waals surface area contributed by atoms with E-state index in [1.807, 2.05) is 16.7 Å². The Bertz CT molecular complexity index is 250. The normalized spacial score (nSPS) is 27.5. The zero-order valence-electron chi connectivity index (χ0n) is 10.9. The molecule has 0 radical (unpaired) electrons. The summed E-state index contributed by atoms with van der Waals surface area (Å²) in [5.41, 5.74) is 0. The number of hydrogen-bond acceptors (Lipinski definition) is 2. The second kappa shape index (κ2) is 6.24. The van der Waals surface area contributed by atoms with Crippen LogP contribution in [-0.4, -0.2) is 54.7 Å². The van der Waals surface area contributed by atoms with Crippen molar-refractivity contribution in [2.24, 2.45) is 0 Å². The van der Waals surface area contributed by atoms with Gasteiger partial charge in [-0.3, -0.25) is 0 Å². The van der Waals surface area contributed by atoms with Crippen LogP contribution in [0, 0.1) is 0 Å². The van der Waals surface area contributed by atoms with Crippen LogP contribution in [0.25, 0.3) is 0 Å². The maximum atomic E-state index is 12.4. The summed E-state index contributed by atoms with van der Waals surface area (Å²) in [6.07, 6.45) is 5.99. The first kappa shape index (κ1) is 12.7. The predicted molar refractivity (Wildman–Crippen MR) is 67.0 cm³/mol. The number of carbonyl (C=O) groups is 1. The van der Waals surface area contributed by atoms with E-state index in [0.29, 0.717) is 0 Å². The van der Waals surface area contributed by atoms with Crippen molar-refractivity contribution in [3.05, 3.63) is 0 Å². The monoisotopic (exact) mass is 240 g/mol. The first-order valence-corrected chi connectivity index (χ1v) is 6.93. The molecule has 1 atom stereocenters. The molecule has 1 unspecified atom stereocenters. The van der Waals surface area contributed by atoms with Crippen LogP contribution in [0.1, 0.15) is 39.0 Å². The van der Waals surface area contributed by atoms with Gasteiger partial charge in [0.1, 0.15) is 0 Å². The molecule has 2 fully saturated rings. The maximum absolute atomic E-state index is 12.4. The van der Waals surface area contributed by atoms with Gasteiger partial charge in [0.2, 0.25) is 0 Å². The smallest absolute Gasteiger partial charge is 0.320 e. The summed E-state index contributed by atoms with van der Waals surface area (Å²) >= 11 is 0. The zero-order valence-corrected chi connectivity index (χ0v) is 10.9. The minimum atomic E-state index is 0.174. The number of ether oxygens (including phenoxy) is 1. The molecule has 2 heterocycles. The van der Waals surface area contributed by atoms with Crippen molar-refractivity contribution in [1.29, 1.82) is 0 Å². The fraction of sp³-hybridized carbons (Fsp3) is 0.923. The Morgan fingerprint density at radius 2 is 1.65 bits per heavy atom. The molecule has 0 aromatic carbocycles. The van der Waals surface area contributed by atoms with Crippen LogP contribution < -0.4 is 0 Å². The van der Waals surface area contributed by atoms with Crippen molar-refractivity contribution in [3.8, 4) is 0 Å². The molecule has 0 saturated carbocycles. The fourth-order valence-corrected chi connectivity index (χ4v) is 2.63. The average molecular weight is 240 g/mol. The number of hydrogen-bond donors (Lipinski definition) is 0. The van der Waals surface area contributed by atoms with Crippen LogP contribution in [0.15, 0.2) is 0 Å². The molecular formula is C13H24N2O2. The summed E-state index contributed by atoms with van der Waals surface area (Å²) in [6.45, 7) is 6.29. The van der Waals surface area contributed by atoms with Gasteiger partial charge in [0.25, 0.3) is 0 Å². The van der Waals surface area contributed by atoms with Gasteiger partial charge < -0.3 is 14.5 Å². The number of amides is 2. The van der Waals surface area contributed by atoms with Crippen molar-refractivity contribution in [3.63, 3.8) is 0 Å². The van der Waals surface area contributed by atoms with Crippen LogP contribution in [0.5, 0.6) is 0 Å². The number of likely N-dealkylation sites (tertiary alicyclic amines) is 1. The summed E-state index contributed by atoms with van der Waals surface area (Å²) in [4.78, 5) is 16.4. The summed E-state index contributed by atoms with van der Waals surface area (Å²) in [5, 5.41) is 0. The predicted octanol–water partition coefficient (Wildman–Crippen LogP) is 2.09. The molecule has 4 nitrogen and oxygen atoms in total. The number of carbonyl (C=O) groups excluding carboxylic acids is 1. The highest BCUT2D eigenvalue weighted by molar-refractivity contribution is 5.74. The van der Waals surface area contributed by atoms with E-state index < -0.39 is 0 Å². The molecule has 2 aliphatic heterocycles. The maximum Gasteiger partial charge on any atom is 0.320 e. The molecule has 2 aliphatic rings. The third-order valence-corrected chi connectivity index (χ3v) is 3.60. The van der Waals surface area contributed by atoms with Crippen LogP contribution in [0.4, 0.5) is 4.79 Å². The van der Waals surface area contributed by atoms with Crippen molar-refractivity contribution < 1.29 is 9.53 Å². The molecule has 0 aliphatic carbocycles. The van der Waals surface area contributed by atoms with E-state index in [0.717, 1.165) is 52.0 Å². The number of urea groups is 1. The topological polar surface area (TPSA) is 32.8 Å². The number of rotatable bonds is 0. The van der Waals surface area contributed by atoms with Gasteiger partial charge in [0.05, 0.1) is 6.10 Å². The summed E-state index contributed by atoms with van der Waals surface area (Å²) in [6, 6.07) is 0.226. The Morgan fingerprint density at radius 1 is 1.00 bits per heavy atom. The molecule has 98 valence electrons. The molecule has 17 heavy (non-hydrogen) atoms. The Balaban J connectivity index is 1.92. The molecule has 0 aromatic rings. The van der Waals surface area contributed by atoms with Gasteiger partial charge in [0.15, 0.2) is 0 Å². The van der Waals surface area contributed by atoms with Gasteiger partial charge in [-0.25, -0.2) is 4.79 Å². The molecule has 4 heteroatoms. The SMILES string of the molecule is CC1CN(C(=O)N2CCCCCC2)CCCO1. The number of nitrogens with zero attached hydrogens (tertiary/aromatic N) is 2. The summed E-state index contributed by atoms with van der Waals surface area (Å²) < 4.78 is 5.58. The summed E-state index contributed by atoms with van der Waals surface area (Å²) in [7, 11) is 0. The van der Waals surface area contributed by atoms with Gasteiger partial charge in [-0.2, -0.15) is 0 Å². The molecular weight excluding hydrogens is 216 g/mol. The van der Waals surface area contributed by atoms with Gasteiger partial charge in [0, 0.05) is 32.8 Å². The third kappa shape index (κ3) is 3.60. The van der Waals surface area contributed by atoms with Gasteiger partial charge in [-0.05, 0) is 26.2 Å². The van der Waals surface area contributed by atoms with Crippen LogP contribution in [0.2, 0.25) is 0 Å². The summed E-state index contributed by atoms with van der Waals surface area (Å²) in [5.74, 6) is 0. The van der Waals surface area contributed by atoms with E-state index in [1.165, 1.54) is 12.8 Å².